The van der Waals surface area contributed by atoms with E-state index in [1.165, 1.54) is 54.1 Å². The summed E-state index contributed by atoms with van der Waals surface area (Å²) in [7, 11) is 1.26. The molecule has 1 aromatic carbocycles. The minimum atomic E-state index is -0.536. The molecule has 9 nitrogen and oxygen atoms in total. The molecular weight excluding hydrogens is 398 g/mol. The van der Waals surface area contributed by atoms with E-state index < -0.39 is 17.8 Å². The van der Waals surface area contributed by atoms with Gasteiger partial charge in [-0.25, -0.2) is 9.59 Å². The average molecular weight is 417 g/mol. The molecule has 1 saturated heterocycles. The van der Waals surface area contributed by atoms with Crippen LogP contribution in [0.4, 0.5) is 5.69 Å². The summed E-state index contributed by atoms with van der Waals surface area (Å²) in [4.78, 5) is 48.2. The second kappa shape index (κ2) is 10.9. The lowest BCUT2D eigenvalue weighted by Crippen LogP contribution is -2.27. The van der Waals surface area contributed by atoms with Gasteiger partial charge in [0.2, 0.25) is 11.8 Å². The topological polar surface area (TPSA) is 126 Å². The van der Waals surface area contributed by atoms with Crippen molar-refractivity contribution >= 4 is 41.2 Å². The van der Waals surface area contributed by atoms with Crippen LogP contribution >= 0.6 is 11.8 Å². The maximum atomic E-state index is 12.1. The molecule has 0 aromatic heterocycles. The lowest BCUT2D eigenvalue weighted by atomic mass is 10.2. The molecule has 0 radical (unpaired) electrons. The van der Waals surface area contributed by atoms with Crippen LogP contribution < -0.4 is 5.32 Å². The number of hydrogen-bond donors (Lipinski definition) is 1. The molecule has 0 bridgehead atoms. The van der Waals surface area contributed by atoms with Crippen LogP contribution in [0.3, 0.4) is 0 Å². The lowest BCUT2D eigenvalue weighted by Gasteiger charge is -2.16. The number of thioether (sulfide) groups is 1. The second-order valence-corrected chi connectivity index (χ2v) is 6.79. The summed E-state index contributed by atoms with van der Waals surface area (Å²) in [5, 5.41) is 11.5. The minimum absolute atomic E-state index is 0.0967. The van der Waals surface area contributed by atoms with E-state index in [0.29, 0.717) is 29.2 Å². The minimum Gasteiger partial charge on any atom is -0.466 e. The first-order valence-electron chi connectivity index (χ1n) is 8.61. The first kappa shape index (κ1) is 22.0. The molecule has 1 aliphatic rings. The SMILES string of the molecule is COC(=O)/C=C1/SCC(=O)N1CCCOC(=O)c1ccc(NC(=O)CC#N)cc1. The van der Waals surface area contributed by atoms with Gasteiger partial charge in [-0.3, -0.25) is 9.59 Å². The molecule has 152 valence electrons. The van der Waals surface area contributed by atoms with Crippen molar-refractivity contribution in [3.63, 3.8) is 0 Å². The third kappa shape index (κ3) is 6.65. The summed E-state index contributed by atoms with van der Waals surface area (Å²) < 4.78 is 9.77. The zero-order valence-corrected chi connectivity index (χ0v) is 16.5. The number of carbonyl (C=O) groups is 4. The molecular formula is C19H19N3O6S. The van der Waals surface area contributed by atoms with Gasteiger partial charge in [-0.15, -0.1) is 0 Å². The van der Waals surface area contributed by atoms with Crippen molar-refractivity contribution in [3.8, 4) is 6.07 Å². The van der Waals surface area contributed by atoms with E-state index in [9.17, 15) is 19.2 Å². The predicted octanol–water partition coefficient (Wildman–Crippen LogP) is 1.68. The molecule has 0 saturated carbocycles. The molecule has 1 aliphatic heterocycles. The quantitative estimate of drug-likeness (QED) is 0.385. The fraction of sp³-hybridized carbons (Fsp3) is 0.316. The van der Waals surface area contributed by atoms with Gasteiger partial charge in [0.05, 0.1) is 42.2 Å². The Kier molecular flexibility index (Phi) is 8.24. The smallest absolute Gasteiger partial charge is 0.338 e. The number of anilines is 1. The van der Waals surface area contributed by atoms with E-state index in [4.69, 9.17) is 10.00 Å². The highest BCUT2D eigenvalue weighted by Crippen LogP contribution is 2.28. The van der Waals surface area contributed by atoms with E-state index in [1.807, 2.05) is 0 Å². The highest BCUT2D eigenvalue weighted by molar-refractivity contribution is 8.04. The van der Waals surface area contributed by atoms with Gasteiger partial charge in [0.15, 0.2) is 0 Å². The van der Waals surface area contributed by atoms with Gasteiger partial charge in [0, 0.05) is 12.2 Å². The van der Waals surface area contributed by atoms with Gasteiger partial charge in [-0.2, -0.15) is 5.26 Å². The van der Waals surface area contributed by atoms with Crippen molar-refractivity contribution in [1.29, 1.82) is 5.26 Å². The zero-order valence-electron chi connectivity index (χ0n) is 15.7. The average Bonchev–Trinajstić information content (AvgIpc) is 3.05. The number of carbonyl (C=O) groups excluding carboxylic acids is 4. The van der Waals surface area contributed by atoms with Crippen molar-refractivity contribution in [2.24, 2.45) is 0 Å². The second-order valence-electron chi connectivity index (χ2n) is 5.79. The van der Waals surface area contributed by atoms with E-state index in [-0.39, 0.29) is 24.7 Å². The molecule has 10 heteroatoms. The van der Waals surface area contributed by atoms with Gasteiger partial charge in [-0.05, 0) is 30.7 Å². The molecule has 2 rings (SSSR count). The van der Waals surface area contributed by atoms with Gasteiger partial charge < -0.3 is 19.7 Å². The van der Waals surface area contributed by atoms with Crippen LogP contribution in [0.25, 0.3) is 0 Å². The molecule has 2 amide bonds. The summed E-state index contributed by atoms with van der Waals surface area (Å²) in [6.07, 6.45) is 1.41. The van der Waals surface area contributed by atoms with Crippen molar-refractivity contribution in [1.82, 2.24) is 4.90 Å². The van der Waals surface area contributed by atoms with Crippen molar-refractivity contribution < 1.29 is 28.7 Å². The van der Waals surface area contributed by atoms with Gasteiger partial charge >= 0.3 is 11.9 Å². The van der Waals surface area contributed by atoms with E-state index >= 15 is 0 Å². The summed E-state index contributed by atoms with van der Waals surface area (Å²) in [5.41, 5.74) is 0.777. The number of hydrogen-bond acceptors (Lipinski definition) is 8. The number of nitriles is 1. The summed E-state index contributed by atoms with van der Waals surface area (Å²) in [6, 6.07) is 7.82. The Hall–Kier alpha value is -3.32. The van der Waals surface area contributed by atoms with E-state index in [2.05, 4.69) is 10.1 Å². The molecule has 0 spiro atoms. The van der Waals surface area contributed by atoms with E-state index in [0.717, 1.165) is 0 Å². The Morgan fingerprint density at radius 2 is 2.03 bits per heavy atom. The van der Waals surface area contributed by atoms with Gasteiger partial charge in [0.25, 0.3) is 0 Å². The third-order valence-corrected chi connectivity index (χ3v) is 4.78. The van der Waals surface area contributed by atoms with Crippen LogP contribution in [0.5, 0.6) is 0 Å². The number of benzene rings is 1. The van der Waals surface area contributed by atoms with Crippen molar-refractivity contribution in [3.05, 3.63) is 40.9 Å². The number of ether oxygens (including phenoxy) is 2. The molecule has 29 heavy (non-hydrogen) atoms. The zero-order chi connectivity index (χ0) is 21.2. The predicted molar refractivity (Wildman–Crippen MR) is 104 cm³/mol. The highest BCUT2D eigenvalue weighted by atomic mass is 32.2. The standard InChI is InChI=1S/C19H19N3O6S/c1-27-18(25)11-17-22(16(24)12-29-17)9-2-10-28-19(26)13-3-5-14(6-4-13)21-15(23)7-8-20/h3-6,11H,2,7,9-10,12H2,1H3,(H,21,23)/b17-11+. The van der Waals surface area contributed by atoms with Crippen LogP contribution in [-0.2, 0) is 23.9 Å². The first-order chi connectivity index (χ1) is 13.9. The third-order valence-electron chi connectivity index (χ3n) is 3.76. The first-order valence-corrected chi connectivity index (χ1v) is 9.60. The molecule has 0 aliphatic carbocycles. The van der Waals surface area contributed by atoms with Gasteiger partial charge in [-0.1, -0.05) is 11.8 Å². The highest BCUT2D eigenvalue weighted by Gasteiger charge is 2.27. The van der Waals surface area contributed by atoms with Crippen molar-refractivity contribution in [2.45, 2.75) is 12.8 Å². The van der Waals surface area contributed by atoms with Crippen LogP contribution in [0.15, 0.2) is 35.4 Å². The molecule has 1 aromatic rings. The Balaban J connectivity index is 1.80. The summed E-state index contributed by atoms with van der Waals surface area (Å²) in [6.45, 7) is 0.408. The van der Waals surface area contributed by atoms with Crippen LogP contribution in [0.1, 0.15) is 23.2 Å². The molecule has 1 N–H and O–H groups in total. The van der Waals surface area contributed by atoms with Crippen LogP contribution in [0.2, 0.25) is 0 Å². The molecule has 1 fully saturated rings. The largest absolute Gasteiger partial charge is 0.466 e. The number of rotatable bonds is 8. The Bertz CT molecular complexity index is 860. The molecule has 1 heterocycles. The number of amides is 2. The van der Waals surface area contributed by atoms with Crippen LogP contribution in [-0.4, -0.2) is 54.7 Å². The van der Waals surface area contributed by atoms with Crippen molar-refractivity contribution in [2.75, 3.05) is 31.3 Å². The number of nitrogens with one attached hydrogen (secondary N) is 1. The molecule has 0 atom stereocenters. The maximum Gasteiger partial charge on any atom is 0.338 e. The van der Waals surface area contributed by atoms with Gasteiger partial charge in [0.1, 0.15) is 6.42 Å². The Morgan fingerprint density at radius 1 is 1.31 bits per heavy atom. The normalized spacial score (nSPS) is 14.4. The monoisotopic (exact) mass is 417 g/mol. The lowest BCUT2D eigenvalue weighted by molar-refractivity contribution is -0.134. The fourth-order valence-corrected chi connectivity index (χ4v) is 3.32. The Morgan fingerprint density at radius 3 is 2.69 bits per heavy atom. The number of methoxy groups -OCH3 is 1. The fourth-order valence-electron chi connectivity index (χ4n) is 2.37. The van der Waals surface area contributed by atoms with Crippen LogP contribution in [0, 0.1) is 11.3 Å². The molecule has 0 unspecified atom stereocenters. The Labute approximate surface area is 171 Å². The van der Waals surface area contributed by atoms with E-state index in [1.54, 1.807) is 6.07 Å². The number of esters is 2. The maximum absolute atomic E-state index is 12.1. The summed E-state index contributed by atoms with van der Waals surface area (Å²) in [5.74, 6) is -1.37. The summed E-state index contributed by atoms with van der Waals surface area (Å²) >= 11 is 1.25. The number of nitrogens with zero attached hydrogens (tertiary/aromatic N) is 2.